The van der Waals surface area contributed by atoms with Crippen LogP contribution in [0.5, 0.6) is 0 Å². The number of fused-ring (bicyclic) bond motifs is 2. The van der Waals surface area contributed by atoms with Gasteiger partial charge in [0.25, 0.3) is 5.91 Å². The largest absolute Gasteiger partial charge is 0.312 e. The number of nitriles is 1. The molecule has 0 spiro atoms. The highest BCUT2D eigenvalue weighted by molar-refractivity contribution is 7.22. The number of benzene rings is 1. The van der Waals surface area contributed by atoms with Gasteiger partial charge in [-0.3, -0.25) is 4.79 Å². The SMILES string of the molecule is CC(C)(C)[C@@H]1CCc2c(sc(NC(=O)c3sc4cccc(Cl)c4c3Cl)c2C#N)C1. The third-order valence-electron chi connectivity index (χ3n) is 5.64. The first-order valence-corrected chi connectivity index (χ1v) is 11.8. The number of nitrogens with one attached hydrogen (secondary N) is 1. The van der Waals surface area contributed by atoms with E-state index in [1.165, 1.54) is 27.6 Å². The number of halogens is 2. The number of carbonyl (C=O) groups excluding carboxylic acids is 1. The molecule has 29 heavy (non-hydrogen) atoms. The van der Waals surface area contributed by atoms with Gasteiger partial charge in [-0.15, -0.1) is 22.7 Å². The monoisotopic (exact) mass is 462 g/mol. The number of hydrogen-bond donors (Lipinski definition) is 1. The Morgan fingerprint density at radius 2 is 2.03 bits per heavy atom. The van der Waals surface area contributed by atoms with Crippen LogP contribution in [-0.4, -0.2) is 5.91 Å². The fraction of sp³-hybridized carbons (Fsp3) is 0.364. The molecule has 0 radical (unpaired) electrons. The summed E-state index contributed by atoms with van der Waals surface area (Å²) >= 11 is 15.6. The Morgan fingerprint density at radius 1 is 1.28 bits per heavy atom. The molecular weight excluding hydrogens is 443 g/mol. The fourth-order valence-electron chi connectivity index (χ4n) is 3.91. The summed E-state index contributed by atoms with van der Waals surface area (Å²) in [4.78, 5) is 14.6. The molecular formula is C22H20Cl2N2OS2. The van der Waals surface area contributed by atoms with Crippen LogP contribution in [0.3, 0.4) is 0 Å². The summed E-state index contributed by atoms with van der Waals surface area (Å²) in [5, 5.41) is 14.9. The minimum Gasteiger partial charge on any atom is -0.312 e. The van der Waals surface area contributed by atoms with Gasteiger partial charge in [0.1, 0.15) is 15.9 Å². The van der Waals surface area contributed by atoms with Crippen LogP contribution in [0.1, 0.15) is 52.9 Å². The quantitative estimate of drug-likeness (QED) is 0.427. The highest BCUT2D eigenvalue weighted by atomic mass is 35.5. The van der Waals surface area contributed by atoms with Crippen molar-refractivity contribution in [3.05, 3.63) is 49.1 Å². The van der Waals surface area contributed by atoms with Crippen LogP contribution in [0.2, 0.25) is 10.0 Å². The number of carbonyl (C=O) groups is 1. The second-order valence-corrected chi connectivity index (χ2v) is 11.4. The first-order chi connectivity index (χ1) is 13.7. The summed E-state index contributed by atoms with van der Waals surface area (Å²) in [5.41, 5.74) is 1.92. The lowest BCUT2D eigenvalue weighted by atomic mass is 9.72. The molecule has 1 amide bonds. The average molecular weight is 463 g/mol. The van der Waals surface area contributed by atoms with Gasteiger partial charge in [-0.2, -0.15) is 5.26 Å². The van der Waals surface area contributed by atoms with E-state index in [-0.39, 0.29) is 11.3 Å². The molecule has 0 bridgehead atoms. The van der Waals surface area contributed by atoms with Crippen molar-refractivity contribution < 1.29 is 4.79 Å². The van der Waals surface area contributed by atoms with Gasteiger partial charge in [0, 0.05) is 15.0 Å². The normalized spacial score (nSPS) is 16.5. The molecule has 0 saturated heterocycles. The van der Waals surface area contributed by atoms with Crippen LogP contribution in [0.15, 0.2) is 18.2 Å². The molecule has 3 aromatic rings. The second-order valence-electron chi connectivity index (χ2n) is 8.44. The van der Waals surface area contributed by atoms with Crippen LogP contribution < -0.4 is 5.32 Å². The van der Waals surface area contributed by atoms with Gasteiger partial charge in [-0.25, -0.2) is 0 Å². The highest BCUT2D eigenvalue weighted by Crippen LogP contribution is 2.45. The summed E-state index contributed by atoms with van der Waals surface area (Å²) < 4.78 is 0.867. The average Bonchev–Trinajstić information content (AvgIpc) is 3.18. The predicted octanol–water partition coefficient (Wildman–Crippen LogP) is 7.54. The summed E-state index contributed by atoms with van der Waals surface area (Å²) in [6.45, 7) is 6.79. The number of nitrogens with zero attached hydrogens (tertiary/aromatic N) is 1. The maximum atomic E-state index is 13.0. The first-order valence-electron chi connectivity index (χ1n) is 9.43. The maximum Gasteiger partial charge on any atom is 0.267 e. The molecule has 2 aromatic heterocycles. The summed E-state index contributed by atoms with van der Waals surface area (Å²) in [6.07, 6.45) is 2.90. The number of anilines is 1. The zero-order valence-electron chi connectivity index (χ0n) is 16.4. The minimum atomic E-state index is -0.297. The summed E-state index contributed by atoms with van der Waals surface area (Å²) in [6, 6.07) is 7.80. The molecule has 150 valence electrons. The third-order valence-corrected chi connectivity index (χ3v) is 8.77. The minimum absolute atomic E-state index is 0.224. The van der Waals surface area contributed by atoms with Crippen molar-refractivity contribution >= 4 is 66.9 Å². The van der Waals surface area contributed by atoms with E-state index in [1.54, 1.807) is 6.07 Å². The van der Waals surface area contributed by atoms with E-state index in [2.05, 4.69) is 32.2 Å². The van der Waals surface area contributed by atoms with Crippen molar-refractivity contribution in [3.8, 4) is 6.07 Å². The molecule has 0 aliphatic heterocycles. The van der Waals surface area contributed by atoms with Gasteiger partial charge in [-0.1, -0.05) is 50.0 Å². The predicted molar refractivity (Wildman–Crippen MR) is 124 cm³/mol. The van der Waals surface area contributed by atoms with Crippen molar-refractivity contribution in [1.29, 1.82) is 5.26 Å². The molecule has 0 fully saturated rings. The van der Waals surface area contributed by atoms with Gasteiger partial charge in [0.05, 0.1) is 15.6 Å². The van der Waals surface area contributed by atoms with Crippen molar-refractivity contribution in [2.45, 2.75) is 40.0 Å². The molecule has 1 aliphatic rings. The van der Waals surface area contributed by atoms with Gasteiger partial charge < -0.3 is 5.32 Å². The Morgan fingerprint density at radius 3 is 2.69 bits per heavy atom. The zero-order valence-corrected chi connectivity index (χ0v) is 19.5. The first kappa shape index (κ1) is 20.7. The molecule has 1 aliphatic carbocycles. The van der Waals surface area contributed by atoms with Crippen LogP contribution in [-0.2, 0) is 12.8 Å². The number of thiophene rings is 2. The lowest BCUT2D eigenvalue weighted by Crippen LogP contribution is -2.26. The molecule has 3 nitrogen and oxygen atoms in total. The van der Waals surface area contributed by atoms with Crippen LogP contribution >= 0.6 is 45.9 Å². The zero-order chi connectivity index (χ0) is 20.9. The molecule has 0 saturated carbocycles. The van der Waals surface area contributed by atoms with E-state index >= 15 is 0 Å². The van der Waals surface area contributed by atoms with Gasteiger partial charge >= 0.3 is 0 Å². The van der Waals surface area contributed by atoms with Crippen molar-refractivity contribution in [2.75, 3.05) is 5.32 Å². The molecule has 1 atom stereocenters. The van der Waals surface area contributed by atoms with Crippen molar-refractivity contribution in [1.82, 2.24) is 0 Å². The number of rotatable bonds is 2. The summed E-state index contributed by atoms with van der Waals surface area (Å²) in [7, 11) is 0. The van der Waals surface area contributed by atoms with Crippen molar-refractivity contribution in [2.24, 2.45) is 11.3 Å². The Hall–Kier alpha value is -1.58. The fourth-order valence-corrected chi connectivity index (χ4v) is 7.03. The van der Waals surface area contributed by atoms with E-state index < -0.39 is 0 Å². The van der Waals surface area contributed by atoms with Crippen LogP contribution in [0.25, 0.3) is 10.1 Å². The third kappa shape index (κ3) is 3.68. The lowest BCUT2D eigenvalue weighted by Gasteiger charge is -2.33. The van der Waals surface area contributed by atoms with E-state index in [9.17, 15) is 10.1 Å². The van der Waals surface area contributed by atoms with E-state index in [4.69, 9.17) is 23.2 Å². The van der Waals surface area contributed by atoms with Crippen molar-refractivity contribution in [3.63, 3.8) is 0 Å². The van der Waals surface area contributed by atoms with E-state index in [0.717, 1.165) is 29.5 Å². The Balaban J connectivity index is 1.67. The molecule has 1 N–H and O–H groups in total. The standard InChI is InChI=1S/C22H20Cl2N2OS2/c1-22(2,3)11-7-8-12-13(10-25)21(29-16(12)9-11)26-20(27)19-18(24)17-14(23)5-4-6-15(17)28-19/h4-6,11H,7-9H2,1-3H3,(H,26,27)/t11-/m1/s1. The molecule has 1 aromatic carbocycles. The molecule has 4 rings (SSSR count). The molecule has 7 heteroatoms. The number of amides is 1. The lowest BCUT2D eigenvalue weighted by molar-refractivity contribution is 0.103. The molecule has 2 heterocycles. The Kier molecular flexibility index (Phi) is 5.41. The topological polar surface area (TPSA) is 52.9 Å². The maximum absolute atomic E-state index is 13.0. The van der Waals surface area contributed by atoms with Gasteiger partial charge in [-0.05, 0) is 48.3 Å². The van der Waals surface area contributed by atoms with E-state index in [1.807, 2.05) is 12.1 Å². The van der Waals surface area contributed by atoms with Gasteiger partial charge in [0.2, 0.25) is 0 Å². The smallest absolute Gasteiger partial charge is 0.267 e. The molecule has 0 unspecified atom stereocenters. The van der Waals surface area contributed by atoms with E-state index in [0.29, 0.717) is 36.8 Å². The van der Waals surface area contributed by atoms with Crippen LogP contribution in [0.4, 0.5) is 5.00 Å². The summed E-state index contributed by atoms with van der Waals surface area (Å²) in [5.74, 6) is 0.276. The Bertz CT molecular complexity index is 1160. The highest BCUT2D eigenvalue weighted by Gasteiger charge is 2.32. The second kappa shape index (κ2) is 7.59. The van der Waals surface area contributed by atoms with Crippen LogP contribution in [0, 0.1) is 22.7 Å². The number of hydrogen-bond acceptors (Lipinski definition) is 4. The van der Waals surface area contributed by atoms with Gasteiger partial charge in [0.15, 0.2) is 0 Å². The Labute approximate surface area is 188 Å².